The molecule has 1 unspecified atom stereocenters. The third-order valence-electron chi connectivity index (χ3n) is 3.87. The first-order valence-corrected chi connectivity index (χ1v) is 8.82. The van der Waals surface area contributed by atoms with Gasteiger partial charge in [0.2, 0.25) is 0 Å². The topological polar surface area (TPSA) is 96.4 Å². The van der Waals surface area contributed by atoms with Crippen LogP contribution in [-0.2, 0) is 11.3 Å². The number of Topliss-reactive ketones (excluding diaryl/α,β-unsaturated/α-hetero) is 1. The molecule has 0 bridgehead atoms. The third-order valence-corrected chi connectivity index (χ3v) is 5.16. The number of H-pyrrole nitrogens is 1. The molecule has 0 saturated carbocycles. The third kappa shape index (κ3) is 3.88. The molecule has 0 aliphatic carbocycles. The van der Waals surface area contributed by atoms with Gasteiger partial charge in [0.1, 0.15) is 11.4 Å². The molecule has 0 spiro atoms. The normalized spacial score (nSPS) is 12.3. The summed E-state index contributed by atoms with van der Waals surface area (Å²) in [5, 5.41) is 3.25. The van der Waals surface area contributed by atoms with Gasteiger partial charge in [-0.1, -0.05) is 0 Å². The Morgan fingerprint density at radius 1 is 1.33 bits per heavy atom. The molecule has 0 aliphatic heterocycles. The van der Waals surface area contributed by atoms with E-state index >= 15 is 0 Å². The summed E-state index contributed by atoms with van der Waals surface area (Å²) in [5.41, 5.74) is 0.453. The second-order valence-electron chi connectivity index (χ2n) is 5.72. The van der Waals surface area contributed by atoms with Crippen molar-refractivity contribution in [1.29, 1.82) is 0 Å². The van der Waals surface area contributed by atoms with E-state index in [0.717, 1.165) is 11.4 Å². The number of aromatic nitrogens is 2. The largest absolute Gasteiger partial charge is 0.351 e. The van der Waals surface area contributed by atoms with Gasteiger partial charge in [0, 0.05) is 6.54 Å². The van der Waals surface area contributed by atoms with Gasteiger partial charge in [-0.05, 0) is 33.3 Å². The lowest BCUT2D eigenvalue weighted by Crippen LogP contribution is -3.11. The zero-order valence-corrected chi connectivity index (χ0v) is 15.2. The van der Waals surface area contributed by atoms with Crippen molar-refractivity contribution >= 4 is 33.2 Å². The van der Waals surface area contributed by atoms with E-state index in [1.165, 1.54) is 18.3 Å². The number of likely N-dealkylation sites (N-methyl/N-ethyl adjacent to an activating group) is 2. The number of amides is 1. The number of aryl methyl sites for hydroxylation is 1. The molecule has 0 aliphatic rings. The zero-order chi connectivity index (χ0) is 17.9. The number of hydrogen-bond acceptors (Lipinski definition) is 5. The summed E-state index contributed by atoms with van der Waals surface area (Å²) in [4.78, 5) is 45.2. The van der Waals surface area contributed by atoms with E-state index in [0.29, 0.717) is 46.1 Å². The Morgan fingerprint density at radius 3 is 2.62 bits per heavy atom. The summed E-state index contributed by atoms with van der Waals surface area (Å²) in [5.74, 6) is 0.446. The van der Waals surface area contributed by atoms with Crippen LogP contribution in [0.5, 0.6) is 0 Å². The number of nitrogens with one attached hydrogen (secondary N) is 3. The quantitative estimate of drug-likeness (QED) is 0.614. The van der Waals surface area contributed by atoms with E-state index < -0.39 is 0 Å². The molecule has 0 radical (unpaired) electrons. The van der Waals surface area contributed by atoms with Crippen LogP contribution in [0.4, 0.5) is 0 Å². The lowest BCUT2D eigenvalue weighted by molar-refractivity contribution is -0.904. The standard InChI is InChI=1S/C16H22N4O3S/c1-5-17-12(22)8-20(6-2)7-11-18-15(23)13-9(3)14(10(4)21)24-16(13)19-11/h5-8H2,1-4H3,(H,17,22)(H,18,19,23)/p+1. The van der Waals surface area contributed by atoms with E-state index in [1.54, 1.807) is 6.92 Å². The molecule has 2 rings (SSSR count). The van der Waals surface area contributed by atoms with Gasteiger partial charge in [-0.3, -0.25) is 14.4 Å². The molecule has 0 saturated heterocycles. The second-order valence-corrected chi connectivity index (χ2v) is 6.71. The summed E-state index contributed by atoms with van der Waals surface area (Å²) >= 11 is 1.25. The lowest BCUT2D eigenvalue weighted by Gasteiger charge is -2.16. The molecule has 24 heavy (non-hydrogen) atoms. The SMILES string of the molecule is CCNC(=O)C[NH+](CC)Cc1nc2sc(C(C)=O)c(C)c2c(=O)[nH]1. The fourth-order valence-corrected chi connectivity index (χ4v) is 3.74. The Hall–Kier alpha value is -2.06. The highest BCUT2D eigenvalue weighted by Crippen LogP contribution is 2.27. The number of aromatic amines is 1. The van der Waals surface area contributed by atoms with Crippen molar-refractivity contribution in [2.75, 3.05) is 19.6 Å². The van der Waals surface area contributed by atoms with Crippen LogP contribution in [0.25, 0.3) is 10.2 Å². The lowest BCUT2D eigenvalue weighted by atomic mass is 10.2. The molecule has 0 fully saturated rings. The minimum absolute atomic E-state index is 0.0244. The number of thiophene rings is 1. The van der Waals surface area contributed by atoms with Gasteiger partial charge < -0.3 is 15.2 Å². The van der Waals surface area contributed by atoms with Gasteiger partial charge in [0.15, 0.2) is 18.2 Å². The van der Waals surface area contributed by atoms with E-state index in [1.807, 2.05) is 13.8 Å². The number of ketones is 1. The molecule has 8 heteroatoms. The van der Waals surface area contributed by atoms with Crippen molar-refractivity contribution in [3.63, 3.8) is 0 Å². The predicted molar refractivity (Wildman–Crippen MR) is 93.7 cm³/mol. The predicted octanol–water partition coefficient (Wildman–Crippen LogP) is 0.0365. The first-order chi connectivity index (χ1) is 11.4. The monoisotopic (exact) mass is 351 g/mol. The van der Waals surface area contributed by atoms with E-state index in [9.17, 15) is 14.4 Å². The number of rotatable bonds is 7. The number of carbonyl (C=O) groups is 2. The minimum atomic E-state index is -0.232. The minimum Gasteiger partial charge on any atom is -0.351 e. The highest BCUT2D eigenvalue weighted by molar-refractivity contribution is 7.20. The Bertz CT molecular complexity index is 825. The van der Waals surface area contributed by atoms with Gasteiger partial charge in [0.05, 0.1) is 16.8 Å². The molecular weight excluding hydrogens is 328 g/mol. The highest BCUT2D eigenvalue weighted by atomic mass is 32.1. The van der Waals surface area contributed by atoms with Gasteiger partial charge in [0.25, 0.3) is 11.5 Å². The fourth-order valence-electron chi connectivity index (χ4n) is 2.64. The molecule has 7 nitrogen and oxygen atoms in total. The van der Waals surface area contributed by atoms with Crippen LogP contribution < -0.4 is 15.8 Å². The maximum Gasteiger partial charge on any atom is 0.275 e. The molecule has 2 aromatic heterocycles. The first kappa shape index (κ1) is 18.3. The molecular formula is C16H23N4O3S+. The maximum atomic E-state index is 12.4. The Balaban J connectivity index is 2.31. The number of hydrogen-bond donors (Lipinski definition) is 3. The number of fused-ring (bicyclic) bond motifs is 1. The summed E-state index contributed by atoms with van der Waals surface area (Å²) in [7, 11) is 0. The Morgan fingerprint density at radius 2 is 2.04 bits per heavy atom. The second kappa shape index (κ2) is 7.67. The van der Waals surface area contributed by atoms with Gasteiger partial charge in [-0.2, -0.15) is 0 Å². The summed E-state index contributed by atoms with van der Waals surface area (Å²) < 4.78 is 0. The Labute approximate surface area is 144 Å². The average Bonchev–Trinajstić information content (AvgIpc) is 2.84. The van der Waals surface area contributed by atoms with Crippen LogP contribution in [0.2, 0.25) is 0 Å². The molecule has 2 aromatic rings. The van der Waals surface area contributed by atoms with Crippen molar-refractivity contribution in [1.82, 2.24) is 15.3 Å². The van der Waals surface area contributed by atoms with Gasteiger partial charge >= 0.3 is 0 Å². The molecule has 0 aromatic carbocycles. The zero-order valence-electron chi connectivity index (χ0n) is 14.4. The summed E-state index contributed by atoms with van der Waals surface area (Å²) in [6, 6.07) is 0. The molecule has 130 valence electrons. The number of carbonyl (C=O) groups excluding carboxylic acids is 2. The van der Waals surface area contributed by atoms with Crippen LogP contribution in [0.15, 0.2) is 4.79 Å². The van der Waals surface area contributed by atoms with E-state index in [4.69, 9.17) is 0 Å². The van der Waals surface area contributed by atoms with Crippen molar-refractivity contribution in [3.05, 3.63) is 26.6 Å². The smallest absolute Gasteiger partial charge is 0.275 e. The molecule has 3 N–H and O–H groups in total. The maximum absolute atomic E-state index is 12.4. The molecule has 2 heterocycles. The highest BCUT2D eigenvalue weighted by Gasteiger charge is 2.19. The van der Waals surface area contributed by atoms with Crippen LogP contribution >= 0.6 is 11.3 Å². The van der Waals surface area contributed by atoms with E-state index in [-0.39, 0.29) is 17.2 Å². The van der Waals surface area contributed by atoms with Crippen LogP contribution in [0, 0.1) is 6.92 Å². The molecule has 1 atom stereocenters. The first-order valence-electron chi connectivity index (χ1n) is 8.00. The number of nitrogens with zero attached hydrogens (tertiary/aromatic N) is 1. The van der Waals surface area contributed by atoms with Crippen LogP contribution in [0.1, 0.15) is 41.8 Å². The van der Waals surface area contributed by atoms with Crippen molar-refractivity contribution < 1.29 is 14.5 Å². The van der Waals surface area contributed by atoms with Crippen molar-refractivity contribution in [2.24, 2.45) is 0 Å². The number of quaternary nitrogens is 1. The summed E-state index contributed by atoms with van der Waals surface area (Å²) in [6.07, 6.45) is 0. The molecule has 1 amide bonds. The van der Waals surface area contributed by atoms with Crippen LogP contribution in [-0.4, -0.2) is 41.3 Å². The fraction of sp³-hybridized carbons (Fsp3) is 0.500. The van der Waals surface area contributed by atoms with E-state index in [2.05, 4.69) is 15.3 Å². The summed E-state index contributed by atoms with van der Waals surface area (Å²) in [6.45, 7) is 9.23. The van der Waals surface area contributed by atoms with Crippen LogP contribution in [0.3, 0.4) is 0 Å². The Kier molecular flexibility index (Phi) is 5.84. The van der Waals surface area contributed by atoms with Gasteiger partial charge in [-0.25, -0.2) is 4.98 Å². The average molecular weight is 351 g/mol. The van der Waals surface area contributed by atoms with Crippen molar-refractivity contribution in [3.8, 4) is 0 Å². The van der Waals surface area contributed by atoms with Gasteiger partial charge in [-0.15, -0.1) is 11.3 Å². The van der Waals surface area contributed by atoms with Crippen molar-refractivity contribution in [2.45, 2.75) is 34.2 Å².